The summed E-state index contributed by atoms with van der Waals surface area (Å²) < 4.78 is 7.59. The van der Waals surface area contributed by atoms with Crippen molar-refractivity contribution in [3.05, 3.63) is 48.4 Å². The van der Waals surface area contributed by atoms with E-state index in [9.17, 15) is 0 Å². The van der Waals surface area contributed by atoms with E-state index in [1.807, 2.05) is 18.2 Å². The molecule has 0 saturated heterocycles. The number of hydrogen-bond donors (Lipinski definition) is 0. The molecule has 0 aromatic carbocycles. The molecule has 0 saturated carbocycles. The van der Waals surface area contributed by atoms with Gasteiger partial charge in [-0.05, 0) is 31.5 Å². The third kappa shape index (κ3) is 2.43. The lowest BCUT2D eigenvalue weighted by Gasteiger charge is -2.16. The summed E-state index contributed by atoms with van der Waals surface area (Å²) >= 11 is 6.03. The van der Waals surface area contributed by atoms with Crippen molar-refractivity contribution in [2.75, 3.05) is 0 Å². The first-order chi connectivity index (χ1) is 9.79. The summed E-state index contributed by atoms with van der Waals surface area (Å²) in [5.74, 6) is 2.30. The summed E-state index contributed by atoms with van der Waals surface area (Å²) in [6, 6.07) is 6.22. The largest absolute Gasteiger partial charge is 0.469 e. The van der Waals surface area contributed by atoms with Gasteiger partial charge in [0.1, 0.15) is 17.1 Å². The van der Waals surface area contributed by atoms with Crippen molar-refractivity contribution in [1.29, 1.82) is 0 Å². The van der Waals surface area contributed by atoms with Crippen LogP contribution in [0.2, 0.25) is 0 Å². The monoisotopic (exact) mass is 289 g/mol. The summed E-state index contributed by atoms with van der Waals surface area (Å²) in [7, 11) is 0. The normalized spacial score (nSPS) is 12.9. The standard InChI is InChI=1S/C15H16ClN3O/c1-11(4-5-12-3-2-8-20-12)19-14-6-7-17-10-13(14)18-15(19)9-16/h2-3,6-8,10-11H,4-5,9H2,1H3. The minimum atomic E-state index is 0.307. The van der Waals surface area contributed by atoms with Crippen LogP contribution in [-0.4, -0.2) is 14.5 Å². The predicted molar refractivity (Wildman–Crippen MR) is 78.8 cm³/mol. The van der Waals surface area contributed by atoms with Gasteiger partial charge in [0.15, 0.2) is 0 Å². The van der Waals surface area contributed by atoms with Crippen molar-refractivity contribution in [2.24, 2.45) is 0 Å². The van der Waals surface area contributed by atoms with Crippen molar-refractivity contribution in [3.8, 4) is 0 Å². The van der Waals surface area contributed by atoms with Crippen LogP contribution in [0, 0.1) is 0 Å². The molecule has 0 fully saturated rings. The molecule has 4 nitrogen and oxygen atoms in total. The number of aryl methyl sites for hydroxylation is 1. The molecule has 0 bridgehead atoms. The maximum Gasteiger partial charge on any atom is 0.125 e. The van der Waals surface area contributed by atoms with Crippen molar-refractivity contribution in [3.63, 3.8) is 0 Å². The van der Waals surface area contributed by atoms with Crippen LogP contribution in [0.3, 0.4) is 0 Å². The van der Waals surface area contributed by atoms with Gasteiger partial charge in [-0.15, -0.1) is 11.6 Å². The minimum Gasteiger partial charge on any atom is -0.469 e. The average molecular weight is 290 g/mol. The molecule has 3 heterocycles. The van der Waals surface area contributed by atoms with Gasteiger partial charge in [-0.2, -0.15) is 0 Å². The number of alkyl halides is 1. The molecule has 0 aliphatic carbocycles. The predicted octanol–water partition coefficient (Wildman–Crippen LogP) is 3.96. The SMILES string of the molecule is CC(CCc1ccco1)n1c(CCl)nc2cnccc21. The molecule has 0 aliphatic rings. The van der Waals surface area contributed by atoms with E-state index in [1.54, 1.807) is 18.7 Å². The fraction of sp³-hybridized carbons (Fsp3) is 0.333. The summed E-state index contributed by atoms with van der Waals surface area (Å²) in [4.78, 5) is 8.66. The number of rotatable bonds is 5. The van der Waals surface area contributed by atoms with E-state index in [2.05, 4.69) is 21.5 Å². The maximum absolute atomic E-state index is 6.03. The average Bonchev–Trinajstić information content (AvgIpc) is 3.11. The lowest BCUT2D eigenvalue weighted by molar-refractivity contribution is 0.452. The Morgan fingerprint density at radius 1 is 1.40 bits per heavy atom. The van der Waals surface area contributed by atoms with E-state index in [1.165, 1.54) is 0 Å². The molecule has 1 atom stereocenters. The molecule has 0 radical (unpaired) electrons. The van der Waals surface area contributed by atoms with Crippen LogP contribution in [0.25, 0.3) is 11.0 Å². The Labute approximate surface area is 122 Å². The highest BCUT2D eigenvalue weighted by molar-refractivity contribution is 6.16. The zero-order valence-corrected chi connectivity index (χ0v) is 12.0. The van der Waals surface area contributed by atoms with Crippen molar-refractivity contribution in [2.45, 2.75) is 31.7 Å². The van der Waals surface area contributed by atoms with Gasteiger partial charge in [0.2, 0.25) is 0 Å². The molecule has 0 aliphatic heterocycles. The Bertz CT molecular complexity index is 690. The zero-order chi connectivity index (χ0) is 13.9. The molecule has 0 amide bonds. The lowest BCUT2D eigenvalue weighted by Crippen LogP contribution is -2.09. The number of pyridine rings is 1. The van der Waals surface area contributed by atoms with E-state index in [0.29, 0.717) is 11.9 Å². The molecular weight excluding hydrogens is 274 g/mol. The van der Waals surface area contributed by atoms with Gasteiger partial charge in [0.25, 0.3) is 0 Å². The lowest BCUT2D eigenvalue weighted by atomic mass is 10.1. The quantitative estimate of drug-likeness (QED) is 0.668. The smallest absolute Gasteiger partial charge is 0.125 e. The first-order valence-electron chi connectivity index (χ1n) is 6.68. The second-order valence-electron chi connectivity index (χ2n) is 4.86. The zero-order valence-electron chi connectivity index (χ0n) is 11.3. The highest BCUT2D eigenvalue weighted by atomic mass is 35.5. The third-order valence-electron chi connectivity index (χ3n) is 3.51. The summed E-state index contributed by atoms with van der Waals surface area (Å²) in [5, 5.41) is 0. The van der Waals surface area contributed by atoms with Crippen LogP contribution >= 0.6 is 11.6 Å². The van der Waals surface area contributed by atoms with E-state index >= 15 is 0 Å². The van der Waals surface area contributed by atoms with Gasteiger partial charge in [-0.3, -0.25) is 4.98 Å². The molecule has 3 rings (SSSR count). The van der Waals surface area contributed by atoms with E-state index in [-0.39, 0.29) is 0 Å². The van der Waals surface area contributed by atoms with E-state index in [0.717, 1.165) is 35.5 Å². The van der Waals surface area contributed by atoms with Gasteiger partial charge in [-0.1, -0.05) is 0 Å². The Morgan fingerprint density at radius 2 is 2.30 bits per heavy atom. The van der Waals surface area contributed by atoms with E-state index < -0.39 is 0 Å². The minimum absolute atomic E-state index is 0.307. The van der Waals surface area contributed by atoms with Crippen LogP contribution in [-0.2, 0) is 12.3 Å². The van der Waals surface area contributed by atoms with Gasteiger partial charge in [0, 0.05) is 18.7 Å². The van der Waals surface area contributed by atoms with Gasteiger partial charge in [-0.25, -0.2) is 4.98 Å². The fourth-order valence-electron chi connectivity index (χ4n) is 2.52. The number of furan rings is 1. The number of imidazole rings is 1. The second-order valence-corrected chi connectivity index (χ2v) is 5.13. The second kappa shape index (κ2) is 5.67. The van der Waals surface area contributed by atoms with Gasteiger partial charge < -0.3 is 8.98 Å². The topological polar surface area (TPSA) is 43.9 Å². The van der Waals surface area contributed by atoms with Crippen molar-refractivity contribution >= 4 is 22.6 Å². The summed E-state index contributed by atoms with van der Waals surface area (Å²) in [6.45, 7) is 2.18. The first-order valence-corrected chi connectivity index (χ1v) is 7.22. The van der Waals surface area contributed by atoms with Crippen LogP contribution in [0.5, 0.6) is 0 Å². The maximum atomic E-state index is 6.03. The highest BCUT2D eigenvalue weighted by Gasteiger charge is 2.15. The summed E-state index contributed by atoms with van der Waals surface area (Å²) in [6.07, 6.45) is 7.16. The number of halogens is 1. The Kier molecular flexibility index (Phi) is 3.74. The molecule has 1 unspecified atom stereocenters. The number of nitrogens with zero attached hydrogens (tertiary/aromatic N) is 3. The number of fused-ring (bicyclic) bond motifs is 1. The van der Waals surface area contributed by atoms with Gasteiger partial charge in [0.05, 0.1) is 23.9 Å². The highest BCUT2D eigenvalue weighted by Crippen LogP contribution is 2.24. The Morgan fingerprint density at radius 3 is 3.05 bits per heavy atom. The molecule has 0 N–H and O–H groups in total. The molecule has 5 heteroatoms. The van der Waals surface area contributed by atoms with Crippen LogP contribution in [0.1, 0.15) is 31.0 Å². The molecule has 3 aromatic rings. The van der Waals surface area contributed by atoms with Crippen molar-refractivity contribution < 1.29 is 4.42 Å². The molecule has 104 valence electrons. The van der Waals surface area contributed by atoms with E-state index in [4.69, 9.17) is 16.0 Å². The number of hydrogen-bond acceptors (Lipinski definition) is 3. The Hall–Kier alpha value is -1.81. The fourth-order valence-corrected chi connectivity index (χ4v) is 2.71. The van der Waals surface area contributed by atoms with Crippen LogP contribution in [0.15, 0.2) is 41.3 Å². The Balaban J connectivity index is 1.88. The van der Waals surface area contributed by atoms with Crippen LogP contribution < -0.4 is 0 Å². The third-order valence-corrected chi connectivity index (χ3v) is 3.75. The first kappa shape index (κ1) is 13.2. The molecule has 0 spiro atoms. The molecular formula is C15H16ClN3O. The molecule has 20 heavy (non-hydrogen) atoms. The van der Waals surface area contributed by atoms with Crippen LogP contribution in [0.4, 0.5) is 0 Å². The van der Waals surface area contributed by atoms with Crippen molar-refractivity contribution in [1.82, 2.24) is 14.5 Å². The molecule has 3 aromatic heterocycles. The summed E-state index contributed by atoms with van der Waals surface area (Å²) in [5.41, 5.74) is 1.98. The number of aromatic nitrogens is 3. The van der Waals surface area contributed by atoms with Gasteiger partial charge >= 0.3 is 0 Å².